The first-order valence-electron chi connectivity index (χ1n) is 4.72. The van der Waals surface area contributed by atoms with Crippen molar-refractivity contribution in [1.82, 2.24) is 5.43 Å². The van der Waals surface area contributed by atoms with Gasteiger partial charge in [0.1, 0.15) is 12.7 Å². The highest BCUT2D eigenvalue weighted by atomic mass is 19.4. The number of carbonyl (C=O) groups is 1. The number of hydrazine groups is 1. The number of ether oxygens (including phenoxy) is 1. The quantitative estimate of drug-likeness (QED) is 0.329. The van der Waals surface area contributed by atoms with Crippen LogP contribution in [-0.4, -0.2) is 30.7 Å². The number of amides is 1. The molecule has 0 rings (SSSR count). The van der Waals surface area contributed by atoms with Crippen LogP contribution in [0.1, 0.15) is 19.8 Å². The fourth-order valence-corrected chi connectivity index (χ4v) is 0.932. The fourth-order valence-electron chi connectivity index (χ4n) is 0.932. The molecule has 1 atom stereocenters. The molecule has 0 aliphatic heterocycles. The summed E-state index contributed by atoms with van der Waals surface area (Å²) in [5, 5.41) is 0. The van der Waals surface area contributed by atoms with Crippen LogP contribution < -0.4 is 11.3 Å². The maximum atomic E-state index is 12.5. The van der Waals surface area contributed by atoms with Crippen LogP contribution in [0.25, 0.3) is 0 Å². The second kappa shape index (κ2) is 6.10. The molecule has 1 amide bonds. The summed E-state index contributed by atoms with van der Waals surface area (Å²) in [5.41, 5.74) is 1.63. The second-order valence-corrected chi connectivity index (χ2v) is 3.30. The Morgan fingerprint density at radius 3 is 2.24 bits per heavy atom. The zero-order valence-corrected chi connectivity index (χ0v) is 8.98. The van der Waals surface area contributed by atoms with Gasteiger partial charge < -0.3 is 4.74 Å². The maximum Gasteiger partial charge on any atom is 0.455 e. The van der Waals surface area contributed by atoms with E-state index in [1.54, 1.807) is 12.3 Å². The summed E-state index contributed by atoms with van der Waals surface area (Å²) in [4.78, 5) is 11.0. The van der Waals surface area contributed by atoms with Crippen LogP contribution in [0.2, 0.25) is 0 Å². The van der Waals surface area contributed by atoms with E-state index < -0.39 is 30.7 Å². The van der Waals surface area contributed by atoms with Gasteiger partial charge in [0.25, 0.3) is 5.91 Å². The van der Waals surface area contributed by atoms with Gasteiger partial charge in [0, 0.05) is 0 Å². The average Bonchev–Trinajstić information content (AvgIpc) is 2.21. The topological polar surface area (TPSA) is 64.3 Å². The summed E-state index contributed by atoms with van der Waals surface area (Å²) in [6.45, 7) is -0.295. The minimum atomic E-state index is -5.71. The normalized spacial score (nSPS) is 14.5. The molecule has 0 aromatic carbocycles. The van der Waals surface area contributed by atoms with Crippen LogP contribution in [-0.2, 0) is 9.53 Å². The van der Waals surface area contributed by atoms with Crippen LogP contribution >= 0.6 is 0 Å². The maximum absolute atomic E-state index is 12.5. The van der Waals surface area contributed by atoms with E-state index in [0.29, 0.717) is 6.42 Å². The van der Waals surface area contributed by atoms with Gasteiger partial charge in [-0.1, -0.05) is 13.3 Å². The third-order valence-electron chi connectivity index (χ3n) is 1.87. The molecular formula is C8H13F5N2O2. The third-order valence-corrected chi connectivity index (χ3v) is 1.87. The molecule has 3 N–H and O–H groups in total. The summed E-state index contributed by atoms with van der Waals surface area (Å²) in [5.74, 6) is -1.19. The van der Waals surface area contributed by atoms with E-state index in [0.717, 1.165) is 0 Å². The minimum absolute atomic E-state index is 0.00301. The predicted octanol–water partition coefficient (Wildman–Crippen LogP) is 1.36. The van der Waals surface area contributed by atoms with Gasteiger partial charge in [0.15, 0.2) is 0 Å². The van der Waals surface area contributed by atoms with Crippen LogP contribution in [0.3, 0.4) is 0 Å². The largest absolute Gasteiger partial charge is 0.455 e. The lowest BCUT2D eigenvalue weighted by atomic mass is 10.2. The Labute approximate surface area is 94.3 Å². The highest BCUT2D eigenvalue weighted by molar-refractivity contribution is 5.80. The summed E-state index contributed by atoms with van der Waals surface area (Å²) in [6.07, 6.45) is -6.76. The smallest absolute Gasteiger partial charge is 0.362 e. The number of rotatable bonds is 6. The van der Waals surface area contributed by atoms with Crippen LogP contribution in [0.5, 0.6) is 0 Å². The number of alkyl halides is 5. The number of nitrogens with one attached hydrogen (secondary N) is 1. The first-order valence-corrected chi connectivity index (χ1v) is 4.72. The van der Waals surface area contributed by atoms with Gasteiger partial charge >= 0.3 is 12.1 Å². The molecule has 4 nitrogen and oxygen atoms in total. The molecule has 0 heterocycles. The molecule has 0 aromatic rings. The molecule has 9 heteroatoms. The highest BCUT2D eigenvalue weighted by Crippen LogP contribution is 2.35. The molecule has 1 unspecified atom stereocenters. The first-order chi connectivity index (χ1) is 7.65. The Kier molecular flexibility index (Phi) is 5.76. The summed E-state index contributed by atoms with van der Waals surface area (Å²) < 4.78 is 64.6. The van der Waals surface area contributed by atoms with Crippen LogP contribution in [0.4, 0.5) is 22.0 Å². The fraction of sp³-hybridized carbons (Fsp3) is 0.875. The van der Waals surface area contributed by atoms with E-state index in [1.807, 2.05) is 0 Å². The van der Waals surface area contributed by atoms with Crippen molar-refractivity contribution in [3.63, 3.8) is 0 Å². The SMILES string of the molecule is CCCC(OCC(F)(F)C(F)(F)F)C(=O)NN. The Bertz CT molecular complexity index is 257. The van der Waals surface area contributed by atoms with Gasteiger partial charge in [-0.15, -0.1) is 0 Å². The number of hydrogen-bond acceptors (Lipinski definition) is 3. The molecule has 0 bridgehead atoms. The molecule has 0 saturated heterocycles. The summed E-state index contributed by atoms with van der Waals surface area (Å²) in [7, 11) is 0. The van der Waals surface area contributed by atoms with Crippen LogP contribution in [0.15, 0.2) is 0 Å². The zero-order valence-electron chi connectivity index (χ0n) is 8.98. The van der Waals surface area contributed by atoms with E-state index in [4.69, 9.17) is 5.84 Å². The Morgan fingerprint density at radius 2 is 1.88 bits per heavy atom. The molecule has 0 aliphatic rings. The molecule has 17 heavy (non-hydrogen) atoms. The minimum Gasteiger partial charge on any atom is -0.362 e. The Morgan fingerprint density at radius 1 is 1.35 bits per heavy atom. The Balaban J connectivity index is 4.45. The van der Waals surface area contributed by atoms with E-state index in [1.165, 1.54) is 0 Å². The van der Waals surface area contributed by atoms with Crippen molar-refractivity contribution in [2.24, 2.45) is 5.84 Å². The van der Waals surface area contributed by atoms with Crippen molar-refractivity contribution < 1.29 is 31.5 Å². The van der Waals surface area contributed by atoms with Crippen molar-refractivity contribution in [2.45, 2.75) is 38.0 Å². The average molecular weight is 264 g/mol. The van der Waals surface area contributed by atoms with E-state index in [-0.39, 0.29) is 6.42 Å². The van der Waals surface area contributed by atoms with Gasteiger partial charge in [-0.2, -0.15) is 22.0 Å². The van der Waals surface area contributed by atoms with Crippen molar-refractivity contribution in [3.05, 3.63) is 0 Å². The van der Waals surface area contributed by atoms with E-state index >= 15 is 0 Å². The monoisotopic (exact) mass is 264 g/mol. The number of halogens is 5. The van der Waals surface area contributed by atoms with Gasteiger partial charge in [-0.3, -0.25) is 10.2 Å². The molecule has 0 spiro atoms. The predicted molar refractivity (Wildman–Crippen MR) is 48.0 cm³/mol. The molecule has 0 fully saturated rings. The number of carbonyl (C=O) groups excluding carboxylic acids is 1. The lowest BCUT2D eigenvalue weighted by Gasteiger charge is -2.22. The molecule has 0 aromatic heterocycles. The van der Waals surface area contributed by atoms with Gasteiger partial charge in [0.05, 0.1) is 0 Å². The second-order valence-electron chi connectivity index (χ2n) is 3.30. The number of nitrogens with two attached hydrogens (primary N) is 1. The lowest BCUT2D eigenvalue weighted by Crippen LogP contribution is -2.46. The van der Waals surface area contributed by atoms with Crippen LogP contribution in [0, 0.1) is 0 Å². The van der Waals surface area contributed by atoms with E-state index in [2.05, 4.69) is 4.74 Å². The summed E-state index contributed by atoms with van der Waals surface area (Å²) >= 11 is 0. The Hall–Kier alpha value is -0.960. The standard InChI is InChI=1S/C8H13F5N2O2/c1-2-3-5(6(16)15-14)17-4-7(9,10)8(11,12)13/h5H,2-4,14H2,1H3,(H,15,16). The number of hydrogen-bond donors (Lipinski definition) is 2. The molecule has 0 radical (unpaired) electrons. The molecular weight excluding hydrogens is 251 g/mol. The van der Waals surface area contributed by atoms with Crippen molar-refractivity contribution in [3.8, 4) is 0 Å². The first kappa shape index (κ1) is 16.0. The van der Waals surface area contributed by atoms with Crippen molar-refractivity contribution >= 4 is 5.91 Å². The molecule has 0 saturated carbocycles. The lowest BCUT2D eigenvalue weighted by molar-refractivity contribution is -0.299. The van der Waals surface area contributed by atoms with Gasteiger partial charge in [0.2, 0.25) is 0 Å². The van der Waals surface area contributed by atoms with Crippen molar-refractivity contribution in [2.75, 3.05) is 6.61 Å². The van der Waals surface area contributed by atoms with E-state index in [9.17, 15) is 26.7 Å². The van der Waals surface area contributed by atoms with Crippen molar-refractivity contribution in [1.29, 1.82) is 0 Å². The molecule has 0 aliphatic carbocycles. The van der Waals surface area contributed by atoms with Gasteiger partial charge in [-0.25, -0.2) is 5.84 Å². The zero-order chi connectivity index (χ0) is 13.7. The highest BCUT2D eigenvalue weighted by Gasteiger charge is 2.58. The third kappa shape index (κ3) is 4.82. The summed E-state index contributed by atoms with van der Waals surface area (Å²) in [6, 6.07) is 0. The van der Waals surface area contributed by atoms with Gasteiger partial charge in [-0.05, 0) is 6.42 Å². The molecule has 102 valence electrons.